The summed E-state index contributed by atoms with van der Waals surface area (Å²) in [7, 11) is 0. The van der Waals surface area contributed by atoms with Gasteiger partial charge >= 0.3 is 6.18 Å². The lowest BCUT2D eigenvalue weighted by molar-refractivity contribution is -0.137. The lowest BCUT2D eigenvalue weighted by Crippen LogP contribution is -2.29. The topological polar surface area (TPSA) is 57.2 Å². The number of hydrogen-bond donors (Lipinski definition) is 1. The molecule has 1 heterocycles. The average Bonchev–Trinajstić information content (AvgIpc) is 2.73. The standard InChI is InChI=1S/C25H27F3N2O2/c1-4-5-12-32-20-10-8-18(9-11-20)22-14-21(25(26,27)28)23(29)24(31)30(22)15-19-7-6-16(2)13-17(19)3/h6-11,13-14H,4-5,12,15,29H2,1-3H3. The van der Waals surface area contributed by atoms with E-state index in [0.717, 1.165) is 35.6 Å². The molecule has 0 amide bonds. The molecule has 0 spiro atoms. The molecule has 0 fully saturated rings. The Morgan fingerprint density at radius 1 is 1.03 bits per heavy atom. The molecule has 0 aliphatic rings. The van der Waals surface area contributed by atoms with Gasteiger partial charge < -0.3 is 15.0 Å². The van der Waals surface area contributed by atoms with Crippen LogP contribution in [0.25, 0.3) is 11.3 Å². The number of unbranched alkanes of at least 4 members (excludes halogenated alkanes) is 1. The maximum absolute atomic E-state index is 13.6. The van der Waals surface area contributed by atoms with Crippen molar-refractivity contribution in [1.82, 2.24) is 4.57 Å². The van der Waals surface area contributed by atoms with Crippen molar-refractivity contribution in [1.29, 1.82) is 0 Å². The van der Waals surface area contributed by atoms with Gasteiger partial charge in [-0.05, 0) is 67.3 Å². The molecular formula is C25H27F3N2O2. The lowest BCUT2D eigenvalue weighted by atomic mass is 10.0. The van der Waals surface area contributed by atoms with E-state index in [1.165, 1.54) is 4.57 Å². The van der Waals surface area contributed by atoms with E-state index in [4.69, 9.17) is 10.5 Å². The number of anilines is 1. The third-order valence-corrected chi connectivity index (χ3v) is 5.39. The molecule has 32 heavy (non-hydrogen) atoms. The van der Waals surface area contributed by atoms with Crippen molar-refractivity contribution in [2.45, 2.75) is 46.3 Å². The molecule has 2 N–H and O–H groups in total. The Hall–Kier alpha value is -3.22. The van der Waals surface area contributed by atoms with Crippen LogP contribution in [0.1, 0.15) is 42.0 Å². The molecule has 0 saturated carbocycles. The van der Waals surface area contributed by atoms with Crippen LogP contribution in [-0.2, 0) is 12.7 Å². The van der Waals surface area contributed by atoms with Crippen molar-refractivity contribution < 1.29 is 17.9 Å². The van der Waals surface area contributed by atoms with Crippen molar-refractivity contribution in [3.05, 3.63) is 81.1 Å². The number of aryl methyl sites for hydroxylation is 2. The van der Waals surface area contributed by atoms with Crippen LogP contribution >= 0.6 is 0 Å². The highest BCUT2D eigenvalue weighted by atomic mass is 19.4. The third kappa shape index (κ3) is 5.15. The summed E-state index contributed by atoms with van der Waals surface area (Å²) >= 11 is 0. The molecule has 0 atom stereocenters. The number of halogens is 3. The highest BCUT2D eigenvalue weighted by molar-refractivity contribution is 5.65. The zero-order valence-corrected chi connectivity index (χ0v) is 18.4. The van der Waals surface area contributed by atoms with Gasteiger partial charge in [0.25, 0.3) is 5.56 Å². The number of alkyl halides is 3. The van der Waals surface area contributed by atoms with Gasteiger partial charge in [0.15, 0.2) is 0 Å². The highest BCUT2D eigenvalue weighted by Crippen LogP contribution is 2.35. The van der Waals surface area contributed by atoms with E-state index in [1.54, 1.807) is 24.3 Å². The summed E-state index contributed by atoms with van der Waals surface area (Å²) in [6, 6.07) is 13.4. The quantitative estimate of drug-likeness (QED) is 0.458. The van der Waals surface area contributed by atoms with Gasteiger partial charge in [-0.25, -0.2) is 0 Å². The fraction of sp³-hybridized carbons (Fsp3) is 0.320. The van der Waals surface area contributed by atoms with Gasteiger partial charge in [-0.1, -0.05) is 37.1 Å². The molecule has 7 heteroatoms. The Kier molecular flexibility index (Phi) is 6.96. The predicted octanol–water partition coefficient (Wildman–Crippen LogP) is 5.96. The van der Waals surface area contributed by atoms with E-state index >= 15 is 0 Å². The zero-order valence-electron chi connectivity index (χ0n) is 18.4. The fourth-order valence-corrected chi connectivity index (χ4v) is 3.54. The number of pyridine rings is 1. The van der Waals surface area contributed by atoms with E-state index in [-0.39, 0.29) is 12.2 Å². The van der Waals surface area contributed by atoms with E-state index < -0.39 is 23.0 Å². The second-order valence-corrected chi connectivity index (χ2v) is 7.90. The first kappa shape index (κ1) is 23.4. The number of rotatable bonds is 7. The number of nitrogens with two attached hydrogens (primary N) is 1. The van der Waals surface area contributed by atoms with E-state index in [2.05, 4.69) is 6.92 Å². The summed E-state index contributed by atoms with van der Waals surface area (Å²) in [5.74, 6) is 0.622. The molecule has 3 aromatic rings. The van der Waals surface area contributed by atoms with Gasteiger partial charge in [0, 0.05) is 0 Å². The number of benzene rings is 2. The summed E-state index contributed by atoms with van der Waals surface area (Å²) in [6.45, 7) is 6.59. The van der Waals surface area contributed by atoms with Gasteiger partial charge in [0.05, 0.1) is 24.4 Å². The zero-order chi connectivity index (χ0) is 23.5. The number of nitrogens with zero attached hydrogens (tertiary/aromatic N) is 1. The Labute approximate surface area is 185 Å². The van der Waals surface area contributed by atoms with Crippen LogP contribution in [0, 0.1) is 13.8 Å². The van der Waals surface area contributed by atoms with Crippen molar-refractivity contribution in [3.63, 3.8) is 0 Å². The van der Waals surface area contributed by atoms with Crippen LogP contribution in [0.15, 0.2) is 53.3 Å². The van der Waals surface area contributed by atoms with Crippen molar-refractivity contribution >= 4 is 5.69 Å². The van der Waals surface area contributed by atoms with Crippen molar-refractivity contribution in [2.24, 2.45) is 0 Å². The number of hydrogen-bond acceptors (Lipinski definition) is 3. The first-order valence-corrected chi connectivity index (χ1v) is 10.5. The van der Waals surface area contributed by atoms with Gasteiger partial charge in [-0.2, -0.15) is 13.2 Å². The molecule has 1 aromatic heterocycles. The van der Waals surface area contributed by atoms with Gasteiger partial charge in [0.1, 0.15) is 11.4 Å². The van der Waals surface area contributed by atoms with Crippen molar-refractivity contribution in [2.75, 3.05) is 12.3 Å². The number of aromatic nitrogens is 1. The highest BCUT2D eigenvalue weighted by Gasteiger charge is 2.35. The Morgan fingerprint density at radius 3 is 2.31 bits per heavy atom. The Balaban J connectivity index is 2.12. The Bertz CT molecular complexity index is 1150. The van der Waals surface area contributed by atoms with Crippen LogP contribution in [0.2, 0.25) is 0 Å². The van der Waals surface area contributed by atoms with Gasteiger partial charge in [0.2, 0.25) is 0 Å². The van der Waals surface area contributed by atoms with Crippen LogP contribution in [0.3, 0.4) is 0 Å². The maximum atomic E-state index is 13.6. The first-order chi connectivity index (χ1) is 15.1. The summed E-state index contributed by atoms with van der Waals surface area (Å²) in [5, 5.41) is 0. The molecule has 4 nitrogen and oxygen atoms in total. The third-order valence-electron chi connectivity index (χ3n) is 5.39. The SMILES string of the molecule is CCCCOc1ccc(-c2cc(C(F)(F)F)c(N)c(=O)n2Cc2ccc(C)cc2C)cc1. The fourth-order valence-electron chi connectivity index (χ4n) is 3.54. The van der Waals surface area contributed by atoms with Crippen molar-refractivity contribution in [3.8, 4) is 17.0 Å². The second-order valence-electron chi connectivity index (χ2n) is 7.90. The number of ether oxygens (including phenoxy) is 1. The van der Waals surface area contributed by atoms with Crippen LogP contribution in [0.4, 0.5) is 18.9 Å². The van der Waals surface area contributed by atoms with Crippen LogP contribution in [-0.4, -0.2) is 11.2 Å². The van der Waals surface area contributed by atoms with Gasteiger partial charge in [-0.15, -0.1) is 0 Å². The lowest BCUT2D eigenvalue weighted by Gasteiger charge is -2.19. The molecule has 0 radical (unpaired) electrons. The summed E-state index contributed by atoms with van der Waals surface area (Å²) < 4.78 is 47.7. The first-order valence-electron chi connectivity index (χ1n) is 10.5. The minimum Gasteiger partial charge on any atom is -0.494 e. The number of nitrogen functional groups attached to an aromatic ring is 1. The molecule has 0 aliphatic heterocycles. The summed E-state index contributed by atoms with van der Waals surface area (Å²) in [6.07, 6.45) is -2.83. The molecule has 2 aromatic carbocycles. The van der Waals surface area contributed by atoms with E-state index in [1.807, 2.05) is 32.0 Å². The predicted molar refractivity (Wildman–Crippen MR) is 121 cm³/mol. The molecular weight excluding hydrogens is 417 g/mol. The molecule has 170 valence electrons. The molecule has 0 bridgehead atoms. The molecule has 3 rings (SSSR count). The second kappa shape index (κ2) is 9.51. The minimum atomic E-state index is -4.74. The largest absolute Gasteiger partial charge is 0.494 e. The Morgan fingerprint density at radius 2 is 1.72 bits per heavy atom. The summed E-state index contributed by atoms with van der Waals surface area (Å²) in [5.41, 5.74) is 6.32. The molecule has 0 aliphatic carbocycles. The summed E-state index contributed by atoms with van der Waals surface area (Å²) in [4.78, 5) is 13.0. The maximum Gasteiger partial charge on any atom is 0.418 e. The van der Waals surface area contributed by atoms with E-state index in [9.17, 15) is 18.0 Å². The molecule has 0 unspecified atom stereocenters. The van der Waals surface area contributed by atoms with E-state index in [0.29, 0.717) is 17.9 Å². The average molecular weight is 444 g/mol. The van der Waals surface area contributed by atoms with Crippen LogP contribution in [0.5, 0.6) is 5.75 Å². The van der Waals surface area contributed by atoms with Gasteiger partial charge in [-0.3, -0.25) is 4.79 Å². The van der Waals surface area contributed by atoms with Crippen LogP contribution < -0.4 is 16.0 Å². The minimum absolute atomic E-state index is 0.109. The molecule has 0 saturated heterocycles. The normalized spacial score (nSPS) is 11.6. The smallest absolute Gasteiger partial charge is 0.418 e. The monoisotopic (exact) mass is 444 g/mol.